The Bertz CT molecular complexity index is 290. The quantitative estimate of drug-likeness (QED) is 0.606. The van der Waals surface area contributed by atoms with Crippen LogP contribution < -0.4 is 5.32 Å². The molecule has 0 aromatic heterocycles. The minimum Gasteiger partial charge on any atom is -0.356 e. The molecule has 3 nitrogen and oxygen atoms in total. The summed E-state index contributed by atoms with van der Waals surface area (Å²) in [5.41, 5.74) is 0.548. The van der Waals surface area contributed by atoms with Crippen molar-refractivity contribution in [3.05, 3.63) is 0 Å². The Labute approximate surface area is 107 Å². The summed E-state index contributed by atoms with van der Waals surface area (Å²) in [4.78, 5) is 7.13. The van der Waals surface area contributed by atoms with Gasteiger partial charge in [0.05, 0.1) is 0 Å². The van der Waals surface area contributed by atoms with Crippen molar-refractivity contribution < 1.29 is 0 Å². The largest absolute Gasteiger partial charge is 0.356 e. The molecule has 1 aliphatic rings. The van der Waals surface area contributed by atoms with Crippen LogP contribution in [-0.4, -0.2) is 36.0 Å². The number of guanidine groups is 1. The first kappa shape index (κ1) is 14.3. The Balaban J connectivity index is 2.77. The highest BCUT2D eigenvalue weighted by Gasteiger charge is 2.53. The number of likely N-dealkylation sites (tertiary alicyclic amines) is 1. The van der Waals surface area contributed by atoms with Gasteiger partial charge in [-0.15, -0.1) is 0 Å². The summed E-state index contributed by atoms with van der Waals surface area (Å²) in [6.45, 7) is 18.7. The molecular formula is C14H29N3. The molecule has 0 unspecified atom stereocenters. The third kappa shape index (κ3) is 2.75. The lowest BCUT2D eigenvalue weighted by Gasteiger charge is -2.62. The van der Waals surface area contributed by atoms with Gasteiger partial charge in [0.1, 0.15) is 0 Å². The van der Waals surface area contributed by atoms with Crippen molar-refractivity contribution in [2.24, 2.45) is 16.3 Å². The number of nitrogens with zero attached hydrogens (tertiary/aromatic N) is 2. The number of aliphatic imine (C=N–C) groups is 1. The van der Waals surface area contributed by atoms with Crippen LogP contribution >= 0.6 is 0 Å². The summed E-state index contributed by atoms with van der Waals surface area (Å²) in [7, 11) is 0. The van der Waals surface area contributed by atoms with Gasteiger partial charge in [-0.25, -0.2) is 0 Å². The van der Waals surface area contributed by atoms with E-state index in [9.17, 15) is 0 Å². The third-order valence-corrected chi connectivity index (χ3v) is 4.08. The number of nitrogens with one attached hydrogen (secondary N) is 1. The average molecular weight is 239 g/mol. The number of rotatable bonds is 3. The van der Waals surface area contributed by atoms with E-state index in [1.165, 1.54) is 0 Å². The van der Waals surface area contributed by atoms with Crippen LogP contribution in [0.3, 0.4) is 0 Å². The van der Waals surface area contributed by atoms with Gasteiger partial charge in [-0.05, 0) is 26.7 Å². The molecule has 3 heteroatoms. The van der Waals surface area contributed by atoms with Crippen molar-refractivity contribution in [3.63, 3.8) is 0 Å². The van der Waals surface area contributed by atoms with E-state index >= 15 is 0 Å². The highest BCUT2D eigenvalue weighted by atomic mass is 15.4. The SMILES string of the molecule is CCNC(=NCC(C)C)N1CC(C)(C)C1(C)C. The van der Waals surface area contributed by atoms with Gasteiger partial charge in [0, 0.05) is 30.6 Å². The van der Waals surface area contributed by atoms with Crippen molar-refractivity contribution in [1.82, 2.24) is 10.2 Å². The summed E-state index contributed by atoms with van der Waals surface area (Å²) < 4.78 is 0. The van der Waals surface area contributed by atoms with E-state index in [0.717, 1.165) is 25.6 Å². The molecule has 0 bridgehead atoms. The fourth-order valence-corrected chi connectivity index (χ4v) is 2.06. The lowest BCUT2D eigenvalue weighted by molar-refractivity contribution is -0.0667. The normalized spacial score (nSPS) is 22.6. The molecule has 1 heterocycles. The van der Waals surface area contributed by atoms with Crippen LogP contribution in [0.2, 0.25) is 0 Å². The molecule has 1 N–H and O–H groups in total. The highest BCUT2D eigenvalue weighted by molar-refractivity contribution is 5.82. The molecule has 0 amide bonds. The predicted octanol–water partition coefficient (Wildman–Crippen LogP) is 2.73. The first-order valence-electron chi connectivity index (χ1n) is 6.78. The van der Waals surface area contributed by atoms with Gasteiger partial charge in [0.2, 0.25) is 0 Å². The predicted molar refractivity (Wildman–Crippen MR) is 75.4 cm³/mol. The average Bonchev–Trinajstić information content (AvgIpc) is 2.21. The van der Waals surface area contributed by atoms with Crippen LogP contribution in [0.4, 0.5) is 0 Å². The topological polar surface area (TPSA) is 27.6 Å². The van der Waals surface area contributed by atoms with Crippen molar-refractivity contribution in [2.45, 2.75) is 54.0 Å². The maximum absolute atomic E-state index is 4.73. The molecule has 1 rings (SSSR count). The first-order valence-corrected chi connectivity index (χ1v) is 6.78. The molecule has 0 atom stereocenters. The molecule has 17 heavy (non-hydrogen) atoms. The van der Waals surface area contributed by atoms with Gasteiger partial charge >= 0.3 is 0 Å². The minimum atomic E-state index is 0.185. The Morgan fingerprint density at radius 2 is 1.88 bits per heavy atom. The molecular weight excluding hydrogens is 210 g/mol. The lowest BCUT2D eigenvalue weighted by Crippen LogP contribution is -2.72. The maximum Gasteiger partial charge on any atom is 0.194 e. The molecule has 1 fully saturated rings. The van der Waals surface area contributed by atoms with Crippen molar-refractivity contribution in [2.75, 3.05) is 19.6 Å². The van der Waals surface area contributed by atoms with Gasteiger partial charge in [-0.3, -0.25) is 4.99 Å². The fourth-order valence-electron chi connectivity index (χ4n) is 2.06. The Kier molecular flexibility index (Phi) is 4.11. The van der Waals surface area contributed by atoms with Gasteiger partial charge in [0.15, 0.2) is 5.96 Å². The zero-order valence-electron chi connectivity index (χ0n) is 12.6. The van der Waals surface area contributed by atoms with E-state index in [0.29, 0.717) is 11.3 Å². The summed E-state index contributed by atoms with van der Waals surface area (Å²) in [5.74, 6) is 1.69. The maximum atomic E-state index is 4.73. The summed E-state index contributed by atoms with van der Waals surface area (Å²) in [5, 5.41) is 3.41. The van der Waals surface area contributed by atoms with Gasteiger partial charge in [-0.1, -0.05) is 27.7 Å². The van der Waals surface area contributed by atoms with Gasteiger partial charge < -0.3 is 10.2 Å². The Hall–Kier alpha value is -0.730. The molecule has 0 saturated carbocycles. The van der Waals surface area contributed by atoms with Crippen molar-refractivity contribution >= 4 is 5.96 Å². The zero-order chi connectivity index (χ0) is 13.3. The molecule has 0 radical (unpaired) electrons. The van der Waals surface area contributed by atoms with Gasteiger partial charge in [-0.2, -0.15) is 0 Å². The highest BCUT2D eigenvalue weighted by Crippen LogP contribution is 2.46. The van der Waals surface area contributed by atoms with Crippen LogP contribution in [0.1, 0.15) is 48.5 Å². The van der Waals surface area contributed by atoms with E-state index < -0.39 is 0 Å². The van der Waals surface area contributed by atoms with Crippen LogP contribution in [-0.2, 0) is 0 Å². The zero-order valence-corrected chi connectivity index (χ0v) is 12.6. The molecule has 0 aromatic rings. The molecule has 1 saturated heterocycles. The smallest absolute Gasteiger partial charge is 0.194 e. The van der Waals surface area contributed by atoms with E-state index in [2.05, 4.69) is 58.7 Å². The van der Waals surface area contributed by atoms with Crippen LogP contribution in [0.5, 0.6) is 0 Å². The molecule has 100 valence electrons. The molecule has 0 spiro atoms. The van der Waals surface area contributed by atoms with E-state index in [1.807, 2.05) is 0 Å². The standard InChI is InChI=1S/C14H29N3/c1-8-15-12(16-9-11(2)3)17-10-13(4,5)14(17,6)7/h11H,8-10H2,1-7H3,(H,15,16). The Morgan fingerprint density at radius 1 is 1.29 bits per heavy atom. The van der Waals surface area contributed by atoms with Crippen LogP contribution in [0, 0.1) is 11.3 Å². The van der Waals surface area contributed by atoms with Crippen molar-refractivity contribution in [3.8, 4) is 0 Å². The first-order chi connectivity index (χ1) is 7.72. The second-order valence-corrected chi connectivity index (χ2v) is 6.62. The summed E-state index contributed by atoms with van der Waals surface area (Å²) in [6, 6.07) is 0. The van der Waals surface area contributed by atoms with Crippen LogP contribution in [0.15, 0.2) is 4.99 Å². The summed E-state index contributed by atoms with van der Waals surface area (Å²) >= 11 is 0. The van der Waals surface area contributed by atoms with Crippen LogP contribution in [0.25, 0.3) is 0 Å². The second-order valence-electron chi connectivity index (χ2n) is 6.62. The monoisotopic (exact) mass is 239 g/mol. The number of hydrogen-bond acceptors (Lipinski definition) is 1. The lowest BCUT2D eigenvalue weighted by atomic mass is 9.65. The second kappa shape index (κ2) is 4.87. The van der Waals surface area contributed by atoms with Crippen molar-refractivity contribution in [1.29, 1.82) is 0 Å². The Morgan fingerprint density at radius 3 is 2.24 bits per heavy atom. The van der Waals surface area contributed by atoms with E-state index in [1.54, 1.807) is 0 Å². The molecule has 0 aliphatic carbocycles. The minimum absolute atomic E-state index is 0.185. The summed E-state index contributed by atoms with van der Waals surface area (Å²) in [6.07, 6.45) is 0. The fraction of sp³-hybridized carbons (Fsp3) is 0.929. The molecule has 1 aliphatic heterocycles. The third-order valence-electron chi connectivity index (χ3n) is 4.08. The number of hydrogen-bond donors (Lipinski definition) is 1. The van der Waals surface area contributed by atoms with E-state index in [4.69, 9.17) is 4.99 Å². The van der Waals surface area contributed by atoms with Gasteiger partial charge in [0.25, 0.3) is 0 Å². The molecule has 0 aromatic carbocycles. The van der Waals surface area contributed by atoms with E-state index in [-0.39, 0.29) is 5.54 Å².